The molecule has 0 fully saturated rings. The standard InChI is InChI=1S/C14H14N6O2S/c1-2-22-8-16-13-10(21)5-6-11(17-13)18-19-14-9-4-3-7-15-12(9)20-23-14/h3-7,21H,2,8H2,1H3,(H,16,17)/b19-18+. The number of hydrogen-bond donors (Lipinski definition) is 2. The lowest BCUT2D eigenvalue weighted by atomic mass is 10.3. The van der Waals surface area contributed by atoms with Crippen LogP contribution in [0.25, 0.3) is 11.0 Å². The van der Waals surface area contributed by atoms with Crippen LogP contribution in [0, 0.1) is 0 Å². The Morgan fingerprint density at radius 1 is 1.30 bits per heavy atom. The van der Waals surface area contributed by atoms with Crippen molar-refractivity contribution >= 4 is 39.2 Å². The summed E-state index contributed by atoms with van der Waals surface area (Å²) >= 11 is 1.22. The Morgan fingerprint density at radius 3 is 3.09 bits per heavy atom. The van der Waals surface area contributed by atoms with Gasteiger partial charge in [-0.3, -0.25) is 0 Å². The fourth-order valence-electron chi connectivity index (χ4n) is 1.79. The Kier molecular flexibility index (Phi) is 4.69. The van der Waals surface area contributed by atoms with E-state index in [9.17, 15) is 5.11 Å². The van der Waals surface area contributed by atoms with E-state index in [0.29, 0.717) is 28.9 Å². The number of fused-ring (bicyclic) bond motifs is 1. The molecule has 0 unspecified atom stereocenters. The maximum Gasteiger partial charge on any atom is 0.176 e. The van der Waals surface area contributed by atoms with E-state index < -0.39 is 0 Å². The molecular formula is C14H14N6O2S. The zero-order valence-corrected chi connectivity index (χ0v) is 13.1. The van der Waals surface area contributed by atoms with Crippen LogP contribution in [0.1, 0.15) is 6.92 Å². The second-order valence-electron chi connectivity index (χ2n) is 4.41. The van der Waals surface area contributed by atoms with E-state index in [0.717, 1.165) is 5.39 Å². The Labute approximate surface area is 136 Å². The number of aromatic hydroxyl groups is 1. The van der Waals surface area contributed by atoms with E-state index in [1.165, 1.54) is 17.6 Å². The number of nitrogens with zero attached hydrogens (tertiary/aromatic N) is 5. The van der Waals surface area contributed by atoms with E-state index in [1.807, 2.05) is 19.1 Å². The van der Waals surface area contributed by atoms with E-state index in [2.05, 4.69) is 29.9 Å². The summed E-state index contributed by atoms with van der Waals surface area (Å²) in [5, 5.41) is 22.4. The highest BCUT2D eigenvalue weighted by Crippen LogP contribution is 2.31. The number of anilines is 1. The van der Waals surface area contributed by atoms with Gasteiger partial charge in [-0.1, -0.05) is 0 Å². The molecule has 0 aliphatic heterocycles. The van der Waals surface area contributed by atoms with Crippen molar-refractivity contribution in [3.63, 3.8) is 0 Å². The topological polar surface area (TPSA) is 105 Å². The predicted octanol–water partition coefficient (Wildman–Crippen LogP) is 3.61. The fraction of sp³-hybridized carbons (Fsp3) is 0.214. The van der Waals surface area contributed by atoms with Gasteiger partial charge in [-0.2, -0.15) is 4.37 Å². The van der Waals surface area contributed by atoms with Crippen molar-refractivity contribution in [3.05, 3.63) is 30.5 Å². The number of azo groups is 1. The van der Waals surface area contributed by atoms with Gasteiger partial charge >= 0.3 is 0 Å². The molecule has 3 aromatic rings. The molecule has 8 nitrogen and oxygen atoms in total. The molecule has 9 heteroatoms. The molecule has 0 aromatic carbocycles. The third-order valence-electron chi connectivity index (χ3n) is 2.88. The molecule has 0 spiro atoms. The summed E-state index contributed by atoms with van der Waals surface area (Å²) in [4.78, 5) is 8.34. The van der Waals surface area contributed by atoms with Gasteiger partial charge in [0.25, 0.3) is 0 Å². The van der Waals surface area contributed by atoms with E-state index in [1.54, 1.807) is 12.3 Å². The number of hydrogen-bond acceptors (Lipinski definition) is 9. The summed E-state index contributed by atoms with van der Waals surface area (Å²) in [5.74, 6) is 0.689. The molecule has 23 heavy (non-hydrogen) atoms. The first-order valence-corrected chi connectivity index (χ1v) is 7.69. The molecule has 0 radical (unpaired) electrons. The molecule has 0 aliphatic carbocycles. The zero-order valence-electron chi connectivity index (χ0n) is 12.3. The van der Waals surface area contributed by atoms with Crippen molar-refractivity contribution in [2.24, 2.45) is 10.2 Å². The van der Waals surface area contributed by atoms with Gasteiger partial charge in [-0.05, 0) is 42.7 Å². The molecule has 3 aromatic heterocycles. The Bertz CT molecular complexity index is 835. The monoisotopic (exact) mass is 330 g/mol. The first kappa shape index (κ1) is 15.3. The predicted molar refractivity (Wildman–Crippen MR) is 87.6 cm³/mol. The maximum atomic E-state index is 9.76. The molecule has 0 saturated carbocycles. The van der Waals surface area contributed by atoms with Crippen molar-refractivity contribution in [2.45, 2.75) is 6.92 Å². The lowest BCUT2D eigenvalue weighted by molar-refractivity contribution is 0.166. The molecule has 2 N–H and O–H groups in total. The van der Waals surface area contributed by atoms with Gasteiger partial charge in [-0.15, -0.1) is 10.2 Å². The summed E-state index contributed by atoms with van der Waals surface area (Å²) in [6.07, 6.45) is 1.68. The number of pyridine rings is 2. The minimum absolute atomic E-state index is 0.0242. The van der Waals surface area contributed by atoms with Gasteiger partial charge < -0.3 is 15.2 Å². The fourth-order valence-corrected chi connectivity index (χ4v) is 2.44. The second kappa shape index (κ2) is 7.07. The average Bonchev–Trinajstić information content (AvgIpc) is 2.99. The molecule has 0 atom stereocenters. The van der Waals surface area contributed by atoms with Crippen LogP contribution in [0.2, 0.25) is 0 Å². The molecule has 0 aliphatic rings. The van der Waals surface area contributed by atoms with Gasteiger partial charge in [0, 0.05) is 12.8 Å². The maximum absolute atomic E-state index is 9.76. The van der Waals surface area contributed by atoms with Crippen LogP contribution in [0.5, 0.6) is 5.75 Å². The lowest BCUT2D eigenvalue weighted by Gasteiger charge is -2.07. The van der Waals surface area contributed by atoms with Crippen LogP contribution in [0.3, 0.4) is 0 Å². The van der Waals surface area contributed by atoms with Crippen molar-refractivity contribution < 1.29 is 9.84 Å². The van der Waals surface area contributed by atoms with Crippen LogP contribution < -0.4 is 5.32 Å². The highest BCUT2D eigenvalue weighted by molar-refractivity contribution is 7.11. The molecule has 0 saturated heterocycles. The number of nitrogens with one attached hydrogen (secondary N) is 1. The Morgan fingerprint density at radius 2 is 2.22 bits per heavy atom. The van der Waals surface area contributed by atoms with Crippen LogP contribution in [0.15, 0.2) is 40.7 Å². The van der Waals surface area contributed by atoms with Gasteiger partial charge in [0.2, 0.25) is 0 Å². The van der Waals surface area contributed by atoms with E-state index in [-0.39, 0.29) is 12.5 Å². The molecule has 3 heterocycles. The van der Waals surface area contributed by atoms with Gasteiger partial charge in [0.15, 0.2) is 28.0 Å². The largest absolute Gasteiger partial charge is 0.504 e. The average molecular weight is 330 g/mol. The summed E-state index contributed by atoms with van der Waals surface area (Å²) in [5.41, 5.74) is 0.643. The Balaban J connectivity index is 1.80. The summed E-state index contributed by atoms with van der Waals surface area (Å²) in [7, 11) is 0. The van der Waals surface area contributed by atoms with Crippen molar-refractivity contribution in [1.82, 2.24) is 14.3 Å². The van der Waals surface area contributed by atoms with Gasteiger partial charge in [0.1, 0.15) is 6.73 Å². The number of rotatable bonds is 6. The third kappa shape index (κ3) is 3.58. The summed E-state index contributed by atoms with van der Waals surface area (Å²) < 4.78 is 9.37. The normalized spacial score (nSPS) is 11.3. The van der Waals surface area contributed by atoms with Crippen molar-refractivity contribution in [2.75, 3.05) is 18.7 Å². The molecule has 0 amide bonds. The molecule has 118 valence electrons. The van der Waals surface area contributed by atoms with Crippen LogP contribution in [0.4, 0.5) is 16.6 Å². The zero-order chi connectivity index (χ0) is 16.1. The van der Waals surface area contributed by atoms with Gasteiger partial charge in [0.05, 0.1) is 5.39 Å². The quantitative estimate of drug-likeness (QED) is 0.406. The molecule has 3 rings (SSSR count). The number of aromatic nitrogens is 3. The van der Waals surface area contributed by atoms with Gasteiger partial charge in [-0.25, -0.2) is 9.97 Å². The SMILES string of the molecule is CCOCNc1nc(/N=N/c2snc3ncccc23)ccc1O. The van der Waals surface area contributed by atoms with Crippen molar-refractivity contribution in [3.8, 4) is 5.75 Å². The van der Waals surface area contributed by atoms with Crippen LogP contribution in [-0.2, 0) is 4.74 Å². The highest BCUT2D eigenvalue weighted by atomic mass is 32.1. The first-order valence-electron chi connectivity index (χ1n) is 6.91. The summed E-state index contributed by atoms with van der Waals surface area (Å²) in [6.45, 7) is 2.70. The first-order chi connectivity index (χ1) is 11.3. The van der Waals surface area contributed by atoms with Crippen LogP contribution in [-0.4, -0.2) is 32.8 Å². The second-order valence-corrected chi connectivity index (χ2v) is 5.17. The number of ether oxygens (including phenoxy) is 1. The lowest BCUT2D eigenvalue weighted by Crippen LogP contribution is -2.06. The highest BCUT2D eigenvalue weighted by Gasteiger charge is 2.07. The molecule has 0 bridgehead atoms. The van der Waals surface area contributed by atoms with Crippen LogP contribution >= 0.6 is 11.5 Å². The minimum Gasteiger partial charge on any atom is -0.504 e. The van der Waals surface area contributed by atoms with Crippen molar-refractivity contribution in [1.29, 1.82) is 0 Å². The molecular weight excluding hydrogens is 316 g/mol. The summed E-state index contributed by atoms with van der Waals surface area (Å²) in [6, 6.07) is 6.79. The van der Waals surface area contributed by atoms with E-state index in [4.69, 9.17) is 4.74 Å². The smallest absolute Gasteiger partial charge is 0.176 e. The third-order valence-corrected chi connectivity index (χ3v) is 3.62. The Hall–Kier alpha value is -2.65. The minimum atomic E-state index is 0.0242. The van der Waals surface area contributed by atoms with E-state index >= 15 is 0 Å².